The van der Waals surface area contributed by atoms with Crippen LogP contribution in [0.1, 0.15) is 20.3 Å². The number of rotatable bonds is 6. The molecule has 0 unspecified atom stereocenters. The zero-order valence-electron chi connectivity index (χ0n) is 10.7. The standard InChI is InChI=1S/C12H17FN2O3/c1-12(2,18-3)6-7-14-9-4-5-10(13)11(8-9)15(16)17/h4-5,8,14H,6-7H2,1-3H3. The van der Waals surface area contributed by atoms with E-state index in [1.165, 1.54) is 12.1 Å². The first-order valence-electron chi connectivity index (χ1n) is 5.59. The number of nitro groups is 1. The molecule has 1 aromatic carbocycles. The first-order chi connectivity index (χ1) is 8.35. The van der Waals surface area contributed by atoms with Crippen molar-refractivity contribution in [1.82, 2.24) is 0 Å². The molecular weight excluding hydrogens is 239 g/mol. The molecule has 0 atom stereocenters. The van der Waals surface area contributed by atoms with Gasteiger partial charge in [0.2, 0.25) is 5.82 Å². The van der Waals surface area contributed by atoms with Crippen molar-refractivity contribution in [1.29, 1.82) is 0 Å². The van der Waals surface area contributed by atoms with Crippen molar-refractivity contribution in [2.45, 2.75) is 25.9 Å². The highest BCUT2D eigenvalue weighted by molar-refractivity contribution is 5.51. The summed E-state index contributed by atoms with van der Waals surface area (Å²) >= 11 is 0. The second-order valence-electron chi connectivity index (χ2n) is 4.56. The number of ether oxygens (including phenoxy) is 1. The average Bonchev–Trinajstić information content (AvgIpc) is 2.31. The monoisotopic (exact) mass is 256 g/mol. The Morgan fingerprint density at radius 3 is 2.72 bits per heavy atom. The van der Waals surface area contributed by atoms with E-state index in [4.69, 9.17) is 4.74 Å². The van der Waals surface area contributed by atoms with Crippen LogP contribution >= 0.6 is 0 Å². The van der Waals surface area contributed by atoms with Gasteiger partial charge in [0.1, 0.15) is 0 Å². The van der Waals surface area contributed by atoms with E-state index in [1.807, 2.05) is 13.8 Å². The van der Waals surface area contributed by atoms with Gasteiger partial charge in [0.15, 0.2) is 0 Å². The second-order valence-corrected chi connectivity index (χ2v) is 4.56. The normalized spacial score (nSPS) is 11.3. The summed E-state index contributed by atoms with van der Waals surface area (Å²) in [4.78, 5) is 9.83. The van der Waals surface area contributed by atoms with E-state index in [1.54, 1.807) is 7.11 Å². The largest absolute Gasteiger partial charge is 0.385 e. The Morgan fingerprint density at radius 1 is 1.50 bits per heavy atom. The van der Waals surface area contributed by atoms with Gasteiger partial charge >= 0.3 is 5.69 Å². The van der Waals surface area contributed by atoms with Crippen molar-refractivity contribution < 1.29 is 14.1 Å². The molecule has 18 heavy (non-hydrogen) atoms. The molecule has 0 aliphatic heterocycles. The van der Waals surface area contributed by atoms with Gasteiger partial charge in [-0.1, -0.05) is 0 Å². The molecule has 0 bridgehead atoms. The lowest BCUT2D eigenvalue weighted by molar-refractivity contribution is -0.387. The lowest BCUT2D eigenvalue weighted by Crippen LogP contribution is -2.25. The van der Waals surface area contributed by atoms with Gasteiger partial charge in [-0.05, 0) is 32.4 Å². The molecule has 100 valence electrons. The molecule has 0 saturated carbocycles. The minimum absolute atomic E-state index is 0.265. The van der Waals surface area contributed by atoms with Crippen LogP contribution in [0.15, 0.2) is 18.2 Å². The van der Waals surface area contributed by atoms with Gasteiger partial charge in [-0.3, -0.25) is 10.1 Å². The number of methoxy groups -OCH3 is 1. The Bertz CT molecular complexity index is 435. The lowest BCUT2D eigenvalue weighted by Gasteiger charge is -2.23. The molecule has 0 spiro atoms. The fourth-order valence-corrected chi connectivity index (χ4v) is 1.37. The summed E-state index contributed by atoms with van der Waals surface area (Å²) in [6.45, 7) is 4.48. The van der Waals surface area contributed by atoms with Crippen LogP contribution in [0.2, 0.25) is 0 Å². The number of anilines is 1. The SMILES string of the molecule is COC(C)(C)CCNc1ccc(F)c([N+](=O)[O-])c1. The number of hydrogen-bond donors (Lipinski definition) is 1. The highest BCUT2D eigenvalue weighted by Gasteiger charge is 2.17. The molecule has 0 heterocycles. The van der Waals surface area contributed by atoms with Crippen LogP contribution in [0, 0.1) is 15.9 Å². The van der Waals surface area contributed by atoms with Crippen molar-refractivity contribution in [3.8, 4) is 0 Å². The van der Waals surface area contributed by atoms with Gasteiger partial charge in [-0.25, -0.2) is 0 Å². The Balaban J connectivity index is 2.64. The van der Waals surface area contributed by atoms with Crippen molar-refractivity contribution in [3.05, 3.63) is 34.1 Å². The molecule has 1 aromatic rings. The summed E-state index contributed by atoms with van der Waals surface area (Å²) < 4.78 is 18.3. The van der Waals surface area contributed by atoms with Crippen molar-refractivity contribution in [2.24, 2.45) is 0 Å². The van der Waals surface area contributed by atoms with Crippen molar-refractivity contribution >= 4 is 11.4 Å². The summed E-state index contributed by atoms with van der Waals surface area (Å²) in [6, 6.07) is 3.75. The molecule has 6 heteroatoms. The molecular formula is C12H17FN2O3. The summed E-state index contributed by atoms with van der Waals surface area (Å²) in [5, 5.41) is 13.6. The number of hydrogen-bond acceptors (Lipinski definition) is 4. The fourth-order valence-electron chi connectivity index (χ4n) is 1.37. The van der Waals surface area contributed by atoms with E-state index in [0.29, 0.717) is 12.2 Å². The van der Waals surface area contributed by atoms with E-state index in [2.05, 4.69) is 5.32 Å². The Morgan fingerprint density at radius 2 is 2.17 bits per heavy atom. The van der Waals surface area contributed by atoms with E-state index < -0.39 is 16.4 Å². The number of nitrogens with zero attached hydrogens (tertiary/aromatic N) is 1. The molecule has 0 amide bonds. The molecule has 0 aromatic heterocycles. The van der Waals surface area contributed by atoms with Gasteiger partial charge in [-0.2, -0.15) is 4.39 Å². The highest BCUT2D eigenvalue weighted by atomic mass is 19.1. The zero-order valence-corrected chi connectivity index (χ0v) is 10.7. The average molecular weight is 256 g/mol. The summed E-state index contributed by atoms with van der Waals surface area (Å²) in [5.74, 6) is -0.831. The third-order valence-electron chi connectivity index (χ3n) is 2.75. The van der Waals surface area contributed by atoms with Crippen LogP contribution in [0.25, 0.3) is 0 Å². The topological polar surface area (TPSA) is 64.4 Å². The molecule has 0 fully saturated rings. The first-order valence-corrected chi connectivity index (χ1v) is 5.59. The summed E-state index contributed by atoms with van der Waals surface area (Å²) in [7, 11) is 1.63. The molecule has 0 aliphatic carbocycles. The number of halogens is 1. The predicted molar refractivity (Wildman–Crippen MR) is 67.2 cm³/mol. The van der Waals surface area contributed by atoms with Crippen molar-refractivity contribution in [3.63, 3.8) is 0 Å². The van der Waals surface area contributed by atoms with E-state index in [0.717, 1.165) is 12.5 Å². The molecule has 1 N–H and O–H groups in total. The maximum Gasteiger partial charge on any atom is 0.306 e. The minimum atomic E-state index is -0.831. The zero-order chi connectivity index (χ0) is 13.8. The number of nitro benzene ring substituents is 1. The third-order valence-corrected chi connectivity index (χ3v) is 2.75. The quantitative estimate of drug-likeness (QED) is 0.627. The molecule has 5 nitrogen and oxygen atoms in total. The summed E-state index contributed by atoms with van der Waals surface area (Å²) in [6.07, 6.45) is 0.731. The second kappa shape index (κ2) is 5.77. The van der Waals surface area contributed by atoms with Crippen LogP contribution < -0.4 is 5.32 Å². The van der Waals surface area contributed by atoms with Crippen molar-refractivity contribution in [2.75, 3.05) is 19.0 Å². The van der Waals surface area contributed by atoms with Gasteiger partial charge in [0.25, 0.3) is 0 Å². The maximum absolute atomic E-state index is 13.1. The van der Waals surface area contributed by atoms with Crippen LogP contribution in [0.4, 0.5) is 15.8 Å². The Hall–Kier alpha value is -1.69. The first kappa shape index (κ1) is 14.4. The molecule has 0 saturated heterocycles. The summed E-state index contributed by atoms with van der Waals surface area (Å²) in [5.41, 5.74) is -0.264. The van der Waals surface area contributed by atoms with Gasteiger partial charge < -0.3 is 10.1 Å². The maximum atomic E-state index is 13.1. The van der Waals surface area contributed by atoms with Crippen LogP contribution in [-0.2, 0) is 4.74 Å². The minimum Gasteiger partial charge on any atom is -0.385 e. The smallest absolute Gasteiger partial charge is 0.306 e. The Labute approximate surface area is 105 Å². The van der Waals surface area contributed by atoms with E-state index in [-0.39, 0.29) is 5.60 Å². The highest BCUT2D eigenvalue weighted by Crippen LogP contribution is 2.22. The fraction of sp³-hybridized carbons (Fsp3) is 0.500. The third kappa shape index (κ3) is 3.96. The number of nitrogens with one attached hydrogen (secondary N) is 1. The predicted octanol–water partition coefficient (Wildman–Crippen LogP) is 2.96. The van der Waals surface area contributed by atoms with Crippen LogP contribution in [-0.4, -0.2) is 24.2 Å². The molecule has 0 aliphatic rings. The molecule has 1 rings (SSSR count). The van der Waals surface area contributed by atoms with Crippen LogP contribution in [0.3, 0.4) is 0 Å². The Kier molecular flexibility index (Phi) is 4.61. The van der Waals surface area contributed by atoms with Crippen LogP contribution in [0.5, 0.6) is 0 Å². The van der Waals surface area contributed by atoms with E-state index in [9.17, 15) is 14.5 Å². The van der Waals surface area contributed by atoms with Gasteiger partial charge in [0, 0.05) is 25.4 Å². The lowest BCUT2D eigenvalue weighted by atomic mass is 10.1. The van der Waals surface area contributed by atoms with Gasteiger partial charge in [-0.15, -0.1) is 0 Å². The van der Waals surface area contributed by atoms with E-state index >= 15 is 0 Å². The number of benzene rings is 1. The van der Waals surface area contributed by atoms with Gasteiger partial charge in [0.05, 0.1) is 10.5 Å². The molecule has 0 radical (unpaired) electrons.